The molecule has 9 nitrogen and oxygen atoms in total. The summed E-state index contributed by atoms with van der Waals surface area (Å²) < 4.78 is 11.2. The smallest absolute Gasteiger partial charge is 0.220 e. The summed E-state index contributed by atoms with van der Waals surface area (Å²) in [6, 6.07) is -0.829. The molecule has 7 atom stereocenters. The Morgan fingerprint density at radius 3 is 1.44 bits per heavy atom. The molecule has 9 heteroatoms. The minimum absolute atomic E-state index is 0.207. The summed E-state index contributed by atoms with van der Waals surface area (Å²) in [5.74, 6) is -0.218. The zero-order chi connectivity index (χ0) is 46.6. The number of nitrogens with one attached hydrogen (secondary N) is 1. The van der Waals surface area contributed by atoms with Crippen LogP contribution in [0.15, 0.2) is 60.8 Å². The van der Waals surface area contributed by atoms with Gasteiger partial charge in [-0.1, -0.05) is 222 Å². The van der Waals surface area contributed by atoms with Gasteiger partial charge >= 0.3 is 0 Å². The fourth-order valence-corrected chi connectivity index (χ4v) is 8.15. The van der Waals surface area contributed by atoms with Crippen LogP contribution in [0.1, 0.15) is 226 Å². The second kappa shape index (κ2) is 44.7. The fraction of sp³-hybridized carbons (Fsp3) is 0.800. The molecule has 0 aromatic heterocycles. The average molecular weight is 902 g/mol. The maximum absolute atomic E-state index is 13.0. The molecule has 6 N–H and O–H groups in total. The first kappa shape index (κ1) is 59.9. The number of hydrogen-bond donors (Lipinski definition) is 6. The number of allylic oxidation sites excluding steroid dienone is 9. The summed E-state index contributed by atoms with van der Waals surface area (Å²) in [6.45, 7) is 3.64. The predicted octanol–water partition coefficient (Wildman–Crippen LogP) is 12.3. The molecule has 0 aromatic carbocycles. The van der Waals surface area contributed by atoms with Gasteiger partial charge in [-0.15, -0.1) is 0 Å². The van der Waals surface area contributed by atoms with E-state index < -0.39 is 49.5 Å². The predicted molar refractivity (Wildman–Crippen MR) is 267 cm³/mol. The van der Waals surface area contributed by atoms with Crippen LogP contribution in [0.4, 0.5) is 0 Å². The largest absolute Gasteiger partial charge is 0.394 e. The molecule has 7 unspecified atom stereocenters. The lowest BCUT2D eigenvalue weighted by Crippen LogP contribution is -2.60. The normalized spacial score (nSPS) is 20.5. The Hall–Kier alpha value is -2.11. The van der Waals surface area contributed by atoms with Crippen LogP contribution in [0.5, 0.6) is 0 Å². The SMILES string of the molecule is CC/C=C\C/C=C\C/C=C\C/C=C\CCCCC(=O)NC(COC1OC(CO)C(O)C(O)C1O)C(O)/C=C/CCCCCCCCCCCCCCCCCCCCCCCCCC. The highest BCUT2D eigenvalue weighted by Gasteiger charge is 2.44. The van der Waals surface area contributed by atoms with Gasteiger partial charge in [-0.3, -0.25) is 4.79 Å². The third-order valence-electron chi connectivity index (χ3n) is 12.3. The van der Waals surface area contributed by atoms with Crippen molar-refractivity contribution in [2.24, 2.45) is 0 Å². The molecule has 0 aliphatic carbocycles. The summed E-state index contributed by atoms with van der Waals surface area (Å²) in [7, 11) is 0. The first-order valence-electron chi connectivity index (χ1n) is 26.5. The Balaban J connectivity index is 2.26. The lowest BCUT2D eigenvalue weighted by molar-refractivity contribution is -0.302. The molecular weight excluding hydrogens is 803 g/mol. The summed E-state index contributed by atoms with van der Waals surface area (Å²) in [5.41, 5.74) is 0. The first-order chi connectivity index (χ1) is 31.3. The number of amides is 1. The number of ether oxygens (including phenoxy) is 2. The van der Waals surface area contributed by atoms with E-state index in [-0.39, 0.29) is 12.5 Å². The summed E-state index contributed by atoms with van der Waals surface area (Å²) in [4.78, 5) is 13.0. The molecule has 1 fully saturated rings. The van der Waals surface area contributed by atoms with Crippen molar-refractivity contribution in [3.05, 3.63) is 60.8 Å². The topological polar surface area (TPSA) is 149 Å². The van der Waals surface area contributed by atoms with Gasteiger partial charge in [0, 0.05) is 6.42 Å². The van der Waals surface area contributed by atoms with E-state index in [9.17, 15) is 30.3 Å². The average Bonchev–Trinajstić information content (AvgIpc) is 3.29. The Morgan fingerprint density at radius 1 is 0.547 bits per heavy atom. The number of unbranched alkanes of at least 4 members (excludes halogenated alkanes) is 26. The second-order valence-corrected chi connectivity index (χ2v) is 18.3. The Morgan fingerprint density at radius 2 is 0.969 bits per heavy atom. The molecule has 1 saturated heterocycles. The van der Waals surface area contributed by atoms with E-state index in [1.54, 1.807) is 6.08 Å². The molecule has 0 bridgehead atoms. The summed E-state index contributed by atoms with van der Waals surface area (Å²) in [6.07, 6.45) is 52.9. The molecule has 1 amide bonds. The number of aliphatic hydroxyl groups excluding tert-OH is 5. The van der Waals surface area contributed by atoms with Gasteiger partial charge in [0.25, 0.3) is 0 Å². The second-order valence-electron chi connectivity index (χ2n) is 18.3. The molecule has 1 aliphatic rings. The van der Waals surface area contributed by atoms with E-state index in [2.05, 4.69) is 67.8 Å². The molecule has 1 rings (SSSR count). The van der Waals surface area contributed by atoms with Crippen molar-refractivity contribution in [1.29, 1.82) is 0 Å². The van der Waals surface area contributed by atoms with E-state index in [4.69, 9.17) is 9.47 Å². The van der Waals surface area contributed by atoms with Gasteiger partial charge in [-0.05, 0) is 57.8 Å². The first-order valence-corrected chi connectivity index (χ1v) is 26.5. The standard InChI is InChI=1S/C55H99NO8/c1-3-5-7-9-11-13-15-17-19-20-21-22-23-24-25-26-27-28-29-31-32-34-36-38-40-42-44-49(58)48(47-63-55-54(62)53(61)52(60)50(46-57)64-55)56-51(59)45-43-41-39-37-35-33-30-18-16-14-12-10-8-6-4-2/h6,8,12,14,18,30,35,37,42,44,48-50,52-55,57-58,60-62H,3-5,7,9-11,13,15-17,19-29,31-34,36,38-41,43,45-47H2,1-2H3,(H,56,59)/b8-6-,14-12-,30-18-,37-35-,44-42+. The number of rotatable bonds is 44. The lowest BCUT2D eigenvalue weighted by Gasteiger charge is -2.40. The Labute approximate surface area is 392 Å². The number of carbonyl (C=O) groups is 1. The molecule has 0 saturated carbocycles. The van der Waals surface area contributed by atoms with Gasteiger partial charge in [0.2, 0.25) is 5.91 Å². The maximum atomic E-state index is 13.0. The highest BCUT2D eigenvalue weighted by molar-refractivity contribution is 5.76. The number of hydrogen-bond acceptors (Lipinski definition) is 8. The van der Waals surface area contributed by atoms with Crippen LogP contribution in [0.2, 0.25) is 0 Å². The van der Waals surface area contributed by atoms with Crippen LogP contribution in [0.3, 0.4) is 0 Å². The van der Waals surface area contributed by atoms with Crippen LogP contribution in [0.25, 0.3) is 0 Å². The Kier molecular flexibility index (Phi) is 41.9. The third-order valence-corrected chi connectivity index (χ3v) is 12.3. The van der Waals surface area contributed by atoms with Crippen LogP contribution in [-0.2, 0) is 14.3 Å². The third kappa shape index (κ3) is 34.2. The summed E-state index contributed by atoms with van der Waals surface area (Å²) >= 11 is 0. The van der Waals surface area contributed by atoms with Gasteiger partial charge in [0.1, 0.15) is 24.4 Å². The van der Waals surface area contributed by atoms with Crippen molar-refractivity contribution in [2.75, 3.05) is 13.2 Å². The van der Waals surface area contributed by atoms with Gasteiger partial charge in [0.15, 0.2) is 6.29 Å². The minimum Gasteiger partial charge on any atom is -0.394 e. The van der Waals surface area contributed by atoms with E-state index in [1.807, 2.05) is 6.08 Å². The zero-order valence-corrected chi connectivity index (χ0v) is 41.0. The highest BCUT2D eigenvalue weighted by Crippen LogP contribution is 2.23. The maximum Gasteiger partial charge on any atom is 0.220 e. The van der Waals surface area contributed by atoms with Crippen molar-refractivity contribution in [3.8, 4) is 0 Å². The Bertz CT molecular complexity index is 1180. The van der Waals surface area contributed by atoms with Crippen molar-refractivity contribution in [2.45, 2.75) is 269 Å². The van der Waals surface area contributed by atoms with Crippen LogP contribution >= 0.6 is 0 Å². The molecule has 64 heavy (non-hydrogen) atoms. The fourth-order valence-electron chi connectivity index (χ4n) is 8.15. The molecule has 0 radical (unpaired) electrons. The van der Waals surface area contributed by atoms with Gasteiger partial charge in [-0.25, -0.2) is 0 Å². The minimum atomic E-state index is -1.58. The van der Waals surface area contributed by atoms with E-state index in [0.29, 0.717) is 12.8 Å². The van der Waals surface area contributed by atoms with Crippen molar-refractivity contribution in [3.63, 3.8) is 0 Å². The molecule has 1 aliphatic heterocycles. The highest BCUT2D eigenvalue weighted by atomic mass is 16.7. The van der Waals surface area contributed by atoms with Crippen LogP contribution < -0.4 is 5.32 Å². The molecule has 372 valence electrons. The lowest BCUT2D eigenvalue weighted by atomic mass is 9.99. The van der Waals surface area contributed by atoms with Gasteiger partial charge < -0.3 is 40.3 Å². The van der Waals surface area contributed by atoms with E-state index in [1.165, 1.54) is 141 Å². The summed E-state index contributed by atoms with van der Waals surface area (Å²) in [5, 5.41) is 54.3. The zero-order valence-electron chi connectivity index (χ0n) is 41.0. The molecular formula is C55H99NO8. The molecule has 1 heterocycles. The van der Waals surface area contributed by atoms with E-state index in [0.717, 1.165) is 57.8 Å². The van der Waals surface area contributed by atoms with Crippen molar-refractivity contribution < 1.29 is 39.8 Å². The quantitative estimate of drug-likeness (QED) is 0.0262. The number of carbonyl (C=O) groups excluding carboxylic acids is 1. The van der Waals surface area contributed by atoms with Crippen molar-refractivity contribution >= 4 is 5.91 Å². The van der Waals surface area contributed by atoms with E-state index >= 15 is 0 Å². The van der Waals surface area contributed by atoms with Crippen LogP contribution in [0, 0.1) is 0 Å². The molecule has 0 spiro atoms. The monoisotopic (exact) mass is 902 g/mol. The van der Waals surface area contributed by atoms with Gasteiger partial charge in [0.05, 0.1) is 25.4 Å². The van der Waals surface area contributed by atoms with Crippen LogP contribution in [-0.4, -0.2) is 87.5 Å². The van der Waals surface area contributed by atoms with Gasteiger partial charge in [-0.2, -0.15) is 0 Å². The molecule has 0 aromatic rings. The number of aliphatic hydroxyl groups is 5. The van der Waals surface area contributed by atoms with Crippen molar-refractivity contribution in [1.82, 2.24) is 5.32 Å².